The molecule has 5 rings (SSSR count). The average Bonchev–Trinajstić information content (AvgIpc) is 3.62. The molecule has 2 fully saturated rings. The third-order valence-electron chi connectivity index (χ3n) is 6.10. The van der Waals surface area contributed by atoms with Crippen molar-refractivity contribution in [1.82, 2.24) is 9.29 Å². The highest BCUT2D eigenvalue weighted by Gasteiger charge is 2.43. The second-order valence-electron chi connectivity index (χ2n) is 8.22. The van der Waals surface area contributed by atoms with Crippen molar-refractivity contribution >= 4 is 77.3 Å². The molecule has 2 atom stereocenters. The van der Waals surface area contributed by atoms with Crippen molar-refractivity contribution < 1.29 is 17.9 Å². The second kappa shape index (κ2) is 10.0. The molecule has 4 heterocycles. The number of hydrogen-bond acceptors (Lipinski definition) is 8. The lowest BCUT2D eigenvalue weighted by molar-refractivity contribution is -0.122. The molecule has 7 nitrogen and oxygen atoms in total. The molecule has 0 spiro atoms. The number of rotatable bonds is 7. The highest BCUT2D eigenvalue weighted by molar-refractivity contribution is 7.98. The van der Waals surface area contributed by atoms with E-state index in [0.29, 0.717) is 42.0 Å². The minimum Gasteiger partial charge on any atom is -0.376 e. The number of aromatic nitrogens is 1. The minimum atomic E-state index is -3.82. The maximum absolute atomic E-state index is 14.0. The summed E-state index contributed by atoms with van der Waals surface area (Å²) in [6.07, 6.45) is 4.83. The highest BCUT2D eigenvalue weighted by atomic mass is 35.5. The fourth-order valence-corrected chi connectivity index (χ4v) is 9.35. The molecule has 0 saturated carbocycles. The first-order valence-corrected chi connectivity index (χ1v) is 15.7. The van der Waals surface area contributed by atoms with Crippen molar-refractivity contribution in [2.75, 3.05) is 30.9 Å². The normalized spacial score (nSPS) is 21.5. The van der Waals surface area contributed by atoms with E-state index in [0.717, 1.165) is 39.3 Å². The van der Waals surface area contributed by atoms with Gasteiger partial charge in [0.1, 0.15) is 10.3 Å². The van der Waals surface area contributed by atoms with Gasteiger partial charge < -0.3 is 4.74 Å². The van der Waals surface area contributed by atoms with Crippen LogP contribution in [0.1, 0.15) is 25.7 Å². The number of para-hydroxylation sites is 1. The van der Waals surface area contributed by atoms with Gasteiger partial charge in [-0.15, -0.1) is 23.1 Å². The lowest BCUT2D eigenvalue weighted by Crippen LogP contribution is -2.49. The van der Waals surface area contributed by atoms with Gasteiger partial charge in [0.05, 0.1) is 27.2 Å². The number of halogens is 1. The number of nitrogens with zero attached hydrogens (tertiary/aromatic N) is 3. The van der Waals surface area contributed by atoms with E-state index in [1.165, 1.54) is 21.7 Å². The van der Waals surface area contributed by atoms with Gasteiger partial charge in [-0.05, 0) is 56.2 Å². The molecular weight excluding hydrogens is 534 g/mol. The van der Waals surface area contributed by atoms with Gasteiger partial charge in [-0.1, -0.05) is 29.0 Å². The summed E-state index contributed by atoms with van der Waals surface area (Å²) in [5.41, 5.74) is 0.865. The summed E-state index contributed by atoms with van der Waals surface area (Å²) >= 11 is 10.1. The van der Waals surface area contributed by atoms with Crippen LogP contribution in [0.3, 0.4) is 0 Å². The molecule has 0 radical (unpaired) electrons. The predicted molar refractivity (Wildman–Crippen MR) is 139 cm³/mol. The Bertz CT molecular complexity index is 1300. The number of amides is 1. The van der Waals surface area contributed by atoms with E-state index < -0.39 is 16.1 Å². The maximum Gasteiger partial charge on any atom is 0.253 e. The number of sulfonamides is 1. The van der Waals surface area contributed by atoms with Crippen molar-refractivity contribution in [3.05, 3.63) is 34.7 Å². The molecule has 2 aliphatic heterocycles. The largest absolute Gasteiger partial charge is 0.376 e. The summed E-state index contributed by atoms with van der Waals surface area (Å²) < 4.78 is 35.4. The number of ether oxygens (including phenoxy) is 1. The van der Waals surface area contributed by atoms with E-state index in [1.807, 2.05) is 24.5 Å². The first-order valence-electron chi connectivity index (χ1n) is 11.0. The Kier molecular flexibility index (Phi) is 7.23. The van der Waals surface area contributed by atoms with E-state index >= 15 is 0 Å². The summed E-state index contributed by atoms with van der Waals surface area (Å²) in [7, 11) is -3.82. The molecular formula is C22H24ClN3O4S4. The van der Waals surface area contributed by atoms with Gasteiger partial charge >= 0.3 is 0 Å². The molecule has 0 bridgehead atoms. The van der Waals surface area contributed by atoms with Crippen LogP contribution in [0.5, 0.6) is 0 Å². The summed E-state index contributed by atoms with van der Waals surface area (Å²) in [5, 5.41) is 0.584. The highest BCUT2D eigenvalue weighted by Crippen LogP contribution is 2.37. The molecule has 2 aliphatic rings. The Morgan fingerprint density at radius 2 is 2.12 bits per heavy atom. The van der Waals surface area contributed by atoms with Crippen LogP contribution in [0.2, 0.25) is 4.34 Å². The number of hydrogen-bond donors (Lipinski definition) is 0. The molecule has 1 aromatic carbocycles. The molecule has 2 saturated heterocycles. The number of anilines is 1. The molecule has 0 aliphatic carbocycles. The van der Waals surface area contributed by atoms with Crippen LogP contribution in [0.15, 0.2) is 39.4 Å². The number of carbonyl (C=O) groups is 1. The zero-order valence-electron chi connectivity index (χ0n) is 18.5. The SMILES string of the molecule is CSc1cccc2sc(N(CC3CCCO3)C(=O)C3CCCN3S(=O)(=O)c3ccc(Cl)s3)nc12. The van der Waals surface area contributed by atoms with Gasteiger partial charge in [-0.3, -0.25) is 9.69 Å². The smallest absolute Gasteiger partial charge is 0.253 e. The van der Waals surface area contributed by atoms with E-state index in [1.54, 1.807) is 22.7 Å². The third kappa shape index (κ3) is 4.63. The van der Waals surface area contributed by atoms with E-state index in [4.69, 9.17) is 21.3 Å². The number of carbonyl (C=O) groups excluding carboxylic acids is 1. The van der Waals surface area contributed by atoms with Crippen LogP contribution in [0.25, 0.3) is 10.2 Å². The summed E-state index contributed by atoms with van der Waals surface area (Å²) in [5.74, 6) is -0.246. The van der Waals surface area contributed by atoms with Crippen LogP contribution in [-0.2, 0) is 19.6 Å². The van der Waals surface area contributed by atoms with Crippen LogP contribution in [-0.4, -0.2) is 61.7 Å². The third-order valence-corrected chi connectivity index (χ3v) is 11.5. The molecule has 2 unspecified atom stereocenters. The number of fused-ring (bicyclic) bond motifs is 1. The topological polar surface area (TPSA) is 79.8 Å². The molecule has 34 heavy (non-hydrogen) atoms. The van der Waals surface area contributed by atoms with Crippen LogP contribution >= 0.6 is 46.0 Å². The van der Waals surface area contributed by atoms with E-state index in [9.17, 15) is 13.2 Å². The van der Waals surface area contributed by atoms with Gasteiger partial charge in [0.15, 0.2) is 5.13 Å². The Morgan fingerprint density at radius 1 is 1.26 bits per heavy atom. The summed E-state index contributed by atoms with van der Waals surface area (Å²) in [6, 6.07) is 8.29. The van der Waals surface area contributed by atoms with Gasteiger partial charge in [0, 0.05) is 18.0 Å². The fraction of sp³-hybridized carbons (Fsp3) is 0.455. The fourth-order valence-electron chi connectivity index (χ4n) is 4.45. The van der Waals surface area contributed by atoms with Crippen molar-refractivity contribution in [2.24, 2.45) is 0 Å². The number of benzene rings is 1. The van der Waals surface area contributed by atoms with Gasteiger partial charge in [0.2, 0.25) is 5.91 Å². The number of thioether (sulfide) groups is 1. The maximum atomic E-state index is 14.0. The first kappa shape index (κ1) is 24.5. The van der Waals surface area contributed by atoms with Crippen LogP contribution in [0, 0.1) is 0 Å². The van der Waals surface area contributed by atoms with E-state index in [2.05, 4.69) is 0 Å². The van der Waals surface area contributed by atoms with Crippen molar-refractivity contribution in [2.45, 2.75) is 46.9 Å². The number of thiazole rings is 1. The lowest BCUT2D eigenvalue weighted by atomic mass is 10.2. The zero-order valence-corrected chi connectivity index (χ0v) is 22.5. The van der Waals surface area contributed by atoms with Crippen molar-refractivity contribution in [1.29, 1.82) is 0 Å². The molecule has 2 aromatic heterocycles. The molecule has 1 amide bonds. The predicted octanol–water partition coefficient (Wildman–Crippen LogP) is 5.10. The Balaban J connectivity index is 1.50. The average molecular weight is 558 g/mol. The summed E-state index contributed by atoms with van der Waals surface area (Å²) in [6.45, 7) is 1.34. The first-order chi connectivity index (χ1) is 16.4. The molecule has 3 aromatic rings. The molecule has 182 valence electrons. The summed E-state index contributed by atoms with van der Waals surface area (Å²) in [4.78, 5) is 21.5. The van der Waals surface area contributed by atoms with Crippen molar-refractivity contribution in [3.63, 3.8) is 0 Å². The zero-order chi connectivity index (χ0) is 23.9. The van der Waals surface area contributed by atoms with Crippen LogP contribution < -0.4 is 4.90 Å². The van der Waals surface area contributed by atoms with Crippen molar-refractivity contribution in [3.8, 4) is 0 Å². The Hall–Kier alpha value is -1.21. The second-order valence-corrected chi connectivity index (χ2v) is 13.9. The Morgan fingerprint density at radius 3 is 2.82 bits per heavy atom. The monoisotopic (exact) mass is 557 g/mol. The quantitative estimate of drug-likeness (QED) is 0.376. The van der Waals surface area contributed by atoms with Gasteiger partial charge in [-0.25, -0.2) is 13.4 Å². The molecule has 0 N–H and O–H groups in total. The van der Waals surface area contributed by atoms with E-state index in [-0.39, 0.29) is 16.2 Å². The minimum absolute atomic E-state index is 0.0847. The van der Waals surface area contributed by atoms with Gasteiger partial charge in [0.25, 0.3) is 10.0 Å². The standard InChI is InChI=1S/C22H24ClN3O4S4/c1-31-16-7-2-8-17-20(16)24-22(32-17)25(13-14-5-4-12-30-14)21(27)15-6-3-11-26(15)34(28,29)19-10-9-18(23)33-19/h2,7-10,14-15H,3-6,11-13H2,1H3. The lowest BCUT2D eigenvalue weighted by Gasteiger charge is -2.29. The number of thiophene rings is 1. The van der Waals surface area contributed by atoms with Gasteiger partial charge in [-0.2, -0.15) is 4.31 Å². The Labute approximate surface area is 216 Å². The van der Waals surface area contributed by atoms with Crippen LogP contribution in [0.4, 0.5) is 5.13 Å². The molecule has 12 heteroatoms.